The van der Waals surface area contributed by atoms with Crippen LogP contribution >= 0.6 is 24.0 Å². The summed E-state index contributed by atoms with van der Waals surface area (Å²) >= 11 is 5.33. The molecule has 1 aromatic heterocycles. The van der Waals surface area contributed by atoms with Crippen molar-refractivity contribution in [2.24, 2.45) is 0 Å². The van der Waals surface area contributed by atoms with Crippen LogP contribution < -0.4 is 0 Å². The van der Waals surface area contributed by atoms with Gasteiger partial charge >= 0.3 is 0 Å². The van der Waals surface area contributed by atoms with Crippen LogP contribution in [0, 0.1) is 0 Å². The van der Waals surface area contributed by atoms with Crippen molar-refractivity contribution < 1.29 is 0 Å². The van der Waals surface area contributed by atoms with Gasteiger partial charge in [-0.2, -0.15) is 5.10 Å². The number of halogens is 2. The molecule has 0 spiro atoms. The minimum Gasteiger partial charge on any atom is -0.238 e. The fourth-order valence-electron chi connectivity index (χ4n) is 0.294. The number of nitrogens with zero attached hydrogens (tertiary/aromatic N) is 3. The minimum absolute atomic E-state index is 0. The van der Waals surface area contributed by atoms with E-state index in [0.717, 1.165) is 0 Å². The molecule has 0 aromatic carbocycles. The molecule has 0 saturated carbocycles. The highest BCUT2D eigenvalue weighted by Crippen LogP contribution is 1.81. The molecule has 3 nitrogen and oxygen atoms in total. The lowest BCUT2D eigenvalue weighted by Gasteiger charge is -1.83. The van der Waals surface area contributed by atoms with Gasteiger partial charge < -0.3 is 0 Å². The predicted octanol–water partition coefficient (Wildman–Crippen LogP) is 0.896. The van der Waals surface area contributed by atoms with E-state index in [1.54, 1.807) is 6.33 Å². The number of alkyl halides is 1. The van der Waals surface area contributed by atoms with E-state index < -0.39 is 0 Å². The van der Waals surface area contributed by atoms with E-state index in [-0.39, 0.29) is 12.4 Å². The van der Waals surface area contributed by atoms with Crippen molar-refractivity contribution in [1.82, 2.24) is 14.8 Å². The van der Waals surface area contributed by atoms with Crippen molar-refractivity contribution in [1.29, 1.82) is 0 Å². The molecule has 0 radical (unpaired) electrons. The van der Waals surface area contributed by atoms with Gasteiger partial charge in [0.1, 0.15) is 18.7 Å². The molecule has 0 aliphatic heterocycles. The first-order chi connectivity index (χ1) is 3.43. The molecule has 8 heavy (non-hydrogen) atoms. The van der Waals surface area contributed by atoms with Gasteiger partial charge in [-0.15, -0.1) is 24.0 Å². The molecule has 0 N–H and O–H groups in total. The van der Waals surface area contributed by atoms with Gasteiger partial charge in [0.05, 0.1) is 0 Å². The van der Waals surface area contributed by atoms with Crippen molar-refractivity contribution in [2.45, 2.75) is 6.00 Å². The van der Waals surface area contributed by atoms with Gasteiger partial charge in [0, 0.05) is 0 Å². The van der Waals surface area contributed by atoms with E-state index in [2.05, 4.69) is 10.1 Å². The summed E-state index contributed by atoms with van der Waals surface area (Å²) in [6.45, 7) is 0. The summed E-state index contributed by atoms with van der Waals surface area (Å²) in [5, 5.41) is 3.71. The Labute approximate surface area is 58.1 Å². The van der Waals surface area contributed by atoms with Gasteiger partial charge in [0.2, 0.25) is 0 Å². The van der Waals surface area contributed by atoms with Crippen molar-refractivity contribution in [3.8, 4) is 0 Å². The second-order valence-electron chi connectivity index (χ2n) is 1.05. The number of rotatable bonds is 1. The lowest BCUT2D eigenvalue weighted by Crippen LogP contribution is -1.89. The molecule has 5 heteroatoms. The molecule has 1 heterocycles. The average Bonchev–Trinajstić information content (AvgIpc) is 2.14. The first kappa shape index (κ1) is 7.72. The Balaban J connectivity index is 0.000000490. The molecule has 0 aliphatic carbocycles. The van der Waals surface area contributed by atoms with E-state index in [4.69, 9.17) is 11.6 Å². The third kappa shape index (κ3) is 1.68. The van der Waals surface area contributed by atoms with Gasteiger partial charge in [-0.05, 0) is 0 Å². The Morgan fingerprint density at radius 3 is 2.62 bits per heavy atom. The largest absolute Gasteiger partial charge is 0.238 e. The highest BCUT2D eigenvalue weighted by atomic mass is 35.5. The maximum absolute atomic E-state index is 5.33. The molecular formula is C3H5Cl2N3. The molecule has 1 aromatic rings. The average molecular weight is 154 g/mol. The van der Waals surface area contributed by atoms with Gasteiger partial charge in [-0.3, -0.25) is 0 Å². The van der Waals surface area contributed by atoms with Crippen LogP contribution in [0.25, 0.3) is 0 Å². The van der Waals surface area contributed by atoms with E-state index in [9.17, 15) is 0 Å². The summed E-state index contributed by atoms with van der Waals surface area (Å²) < 4.78 is 1.53. The second-order valence-corrected chi connectivity index (χ2v) is 1.29. The van der Waals surface area contributed by atoms with Crippen LogP contribution in [0.4, 0.5) is 0 Å². The summed E-state index contributed by atoms with van der Waals surface area (Å²) in [6.07, 6.45) is 3.01. The highest BCUT2D eigenvalue weighted by Gasteiger charge is 1.80. The number of hydrogen-bond donors (Lipinski definition) is 0. The Morgan fingerprint density at radius 1 is 1.62 bits per heavy atom. The summed E-state index contributed by atoms with van der Waals surface area (Å²) in [5.74, 6) is 0. The normalized spacial score (nSPS) is 8.12. The number of aromatic nitrogens is 3. The molecule has 0 fully saturated rings. The first-order valence-electron chi connectivity index (χ1n) is 1.82. The summed E-state index contributed by atoms with van der Waals surface area (Å²) in [5.41, 5.74) is 0. The summed E-state index contributed by atoms with van der Waals surface area (Å²) in [7, 11) is 0. The third-order valence-electron chi connectivity index (χ3n) is 0.589. The third-order valence-corrected chi connectivity index (χ3v) is 0.834. The maximum atomic E-state index is 5.33. The molecule has 0 amide bonds. The Kier molecular flexibility index (Phi) is 3.56. The Bertz CT molecular complexity index is 127. The first-order valence-corrected chi connectivity index (χ1v) is 2.35. The van der Waals surface area contributed by atoms with Crippen LogP contribution in [-0.2, 0) is 6.00 Å². The molecule has 0 bridgehead atoms. The van der Waals surface area contributed by atoms with Gasteiger partial charge in [-0.1, -0.05) is 0 Å². The molecule has 0 unspecified atom stereocenters. The van der Waals surface area contributed by atoms with Crippen LogP contribution in [0.15, 0.2) is 12.7 Å². The lowest BCUT2D eigenvalue weighted by molar-refractivity contribution is 0.742. The van der Waals surface area contributed by atoms with Crippen LogP contribution in [-0.4, -0.2) is 14.8 Å². The van der Waals surface area contributed by atoms with Crippen molar-refractivity contribution in [3.05, 3.63) is 12.7 Å². The minimum atomic E-state index is 0. The highest BCUT2D eigenvalue weighted by molar-refractivity contribution is 6.15. The van der Waals surface area contributed by atoms with E-state index >= 15 is 0 Å². The topological polar surface area (TPSA) is 30.7 Å². The quantitative estimate of drug-likeness (QED) is 0.562. The van der Waals surface area contributed by atoms with Crippen LogP contribution in [0.5, 0.6) is 0 Å². The molecule has 0 atom stereocenters. The zero-order chi connectivity index (χ0) is 5.11. The van der Waals surface area contributed by atoms with E-state index in [1.807, 2.05) is 0 Å². The zero-order valence-corrected chi connectivity index (χ0v) is 5.56. The standard InChI is InChI=1S/C3H4ClN3.ClH/c4-1-7-3-5-2-6-7;/h2-3H,1H2;1H. The second kappa shape index (κ2) is 3.69. The maximum Gasteiger partial charge on any atom is 0.137 e. The molecule has 0 saturated heterocycles. The van der Waals surface area contributed by atoms with Crippen LogP contribution in [0.1, 0.15) is 0 Å². The van der Waals surface area contributed by atoms with Crippen LogP contribution in [0.2, 0.25) is 0 Å². The SMILES string of the molecule is Cl.ClCn1cncn1. The molecule has 46 valence electrons. The zero-order valence-electron chi connectivity index (χ0n) is 3.99. The molecule has 0 aliphatic rings. The lowest BCUT2D eigenvalue weighted by atomic mass is 11.2. The molecule has 1 rings (SSSR count). The fraction of sp³-hybridized carbons (Fsp3) is 0.333. The fourth-order valence-corrected chi connectivity index (χ4v) is 0.418. The van der Waals surface area contributed by atoms with Gasteiger partial charge in [0.15, 0.2) is 0 Å². The van der Waals surface area contributed by atoms with Gasteiger partial charge in [-0.25, -0.2) is 9.67 Å². The van der Waals surface area contributed by atoms with Crippen molar-refractivity contribution >= 4 is 24.0 Å². The summed E-state index contributed by atoms with van der Waals surface area (Å²) in [6, 6.07) is 0.375. The monoisotopic (exact) mass is 153 g/mol. The van der Waals surface area contributed by atoms with Crippen molar-refractivity contribution in [2.75, 3.05) is 0 Å². The smallest absolute Gasteiger partial charge is 0.137 e. The van der Waals surface area contributed by atoms with E-state index in [1.165, 1.54) is 11.0 Å². The van der Waals surface area contributed by atoms with Crippen molar-refractivity contribution in [3.63, 3.8) is 0 Å². The van der Waals surface area contributed by atoms with E-state index in [0.29, 0.717) is 6.00 Å². The van der Waals surface area contributed by atoms with Gasteiger partial charge in [0.25, 0.3) is 0 Å². The van der Waals surface area contributed by atoms with Crippen LogP contribution in [0.3, 0.4) is 0 Å². The number of hydrogen-bond acceptors (Lipinski definition) is 2. The predicted molar refractivity (Wildman–Crippen MR) is 33.1 cm³/mol. The molecular weight excluding hydrogens is 149 g/mol. The summed E-state index contributed by atoms with van der Waals surface area (Å²) in [4.78, 5) is 3.66. The Hall–Kier alpha value is -0.280. The Morgan fingerprint density at radius 2 is 2.38 bits per heavy atom.